The van der Waals surface area contributed by atoms with E-state index < -0.39 is 0 Å². The summed E-state index contributed by atoms with van der Waals surface area (Å²) in [5.74, 6) is 0.145. The molecular formula is C13H18ClN3O. The van der Waals surface area contributed by atoms with E-state index in [0.717, 1.165) is 44.0 Å². The first-order valence-electron chi connectivity index (χ1n) is 6.08. The Labute approximate surface area is 112 Å². The molecule has 0 spiro atoms. The van der Waals surface area contributed by atoms with Gasteiger partial charge in [0, 0.05) is 55.9 Å². The van der Waals surface area contributed by atoms with Crippen LogP contribution in [-0.4, -0.2) is 41.9 Å². The Hall–Kier alpha value is -1.26. The Kier molecular flexibility index (Phi) is 4.09. The van der Waals surface area contributed by atoms with Gasteiger partial charge < -0.3 is 10.6 Å². The first kappa shape index (κ1) is 13.2. The quantitative estimate of drug-likeness (QED) is 0.828. The number of hydrogen-bond acceptors (Lipinski definition) is 3. The number of nitrogen functional groups attached to an aromatic ring is 1. The SMILES string of the molecule is CC(=O)N1CCN(Cc2c(N)cccc2Cl)CC1. The van der Waals surface area contributed by atoms with Crippen LogP contribution in [0.4, 0.5) is 5.69 Å². The molecule has 0 saturated carbocycles. The third-order valence-corrected chi connectivity index (χ3v) is 3.71. The lowest BCUT2D eigenvalue weighted by atomic mass is 10.1. The maximum Gasteiger partial charge on any atom is 0.219 e. The van der Waals surface area contributed by atoms with E-state index in [-0.39, 0.29) is 5.91 Å². The van der Waals surface area contributed by atoms with Crippen LogP contribution in [0, 0.1) is 0 Å². The number of benzene rings is 1. The topological polar surface area (TPSA) is 49.6 Å². The minimum atomic E-state index is 0.145. The molecule has 5 heteroatoms. The number of nitrogens with zero attached hydrogens (tertiary/aromatic N) is 2. The fourth-order valence-corrected chi connectivity index (χ4v) is 2.43. The molecule has 1 aromatic carbocycles. The number of nitrogens with two attached hydrogens (primary N) is 1. The number of amides is 1. The zero-order chi connectivity index (χ0) is 13.1. The van der Waals surface area contributed by atoms with E-state index in [2.05, 4.69) is 4.90 Å². The number of carbonyl (C=O) groups is 1. The molecule has 2 rings (SSSR count). The summed E-state index contributed by atoms with van der Waals surface area (Å²) in [6.07, 6.45) is 0. The van der Waals surface area contributed by atoms with Gasteiger partial charge in [-0.1, -0.05) is 17.7 Å². The maximum atomic E-state index is 11.2. The summed E-state index contributed by atoms with van der Waals surface area (Å²) in [6.45, 7) is 5.65. The zero-order valence-corrected chi connectivity index (χ0v) is 11.3. The molecule has 0 unspecified atom stereocenters. The van der Waals surface area contributed by atoms with Crippen molar-refractivity contribution in [2.45, 2.75) is 13.5 Å². The van der Waals surface area contributed by atoms with Gasteiger partial charge in [0.2, 0.25) is 5.91 Å². The van der Waals surface area contributed by atoms with Gasteiger partial charge in [-0.25, -0.2) is 0 Å². The third kappa shape index (κ3) is 2.94. The van der Waals surface area contributed by atoms with Crippen molar-refractivity contribution in [3.05, 3.63) is 28.8 Å². The Morgan fingerprint density at radius 2 is 2.00 bits per heavy atom. The molecule has 0 radical (unpaired) electrons. The summed E-state index contributed by atoms with van der Waals surface area (Å²) in [4.78, 5) is 15.4. The molecule has 2 N–H and O–H groups in total. The number of halogens is 1. The van der Waals surface area contributed by atoms with Gasteiger partial charge in [0.05, 0.1) is 0 Å². The van der Waals surface area contributed by atoms with Gasteiger partial charge in [-0.15, -0.1) is 0 Å². The predicted molar refractivity (Wildman–Crippen MR) is 73.4 cm³/mol. The lowest BCUT2D eigenvalue weighted by molar-refractivity contribution is -0.130. The molecule has 98 valence electrons. The highest BCUT2D eigenvalue weighted by atomic mass is 35.5. The molecule has 0 bridgehead atoms. The minimum absolute atomic E-state index is 0.145. The van der Waals surface area contributed by atoms with E-state index >= 15 is 0 Å². The summed E-state index contributed by atoms with van der Waals surface area (Å²) >= 11 is 6.16. The fourth-order valence-electron chi connectivity index (χ4n) is 2.19. The number of piperazine rings is 1. The number of rotatable bonds is 2. The first-order valence-corrected chi connectivity index (χ1v) is 6.46. The van der Waals surface area contributed by atoms with Gasteiger partial charge >= 0.3 is 0 Å². The van der Waals surface area contributed by atoms with Gasteiger partial charge in [0.25, 0.3) is 0 Å². The zero-order valence-electron chi connectivity index (χ0n) is 10.5. The van der Waals surface area contributed by atoms with Crippen molar-refractivity contribution in [3.63, 3.8) is 0 Å². The summed E-state index contributed by atoms with van der Waals surface area (Å²) in [5, 5.41) is 0.712. The third-order valence-electron chi connectivity index (χ3n) is 3.35. The molecule has 0 aromatic heterocycles. The van der Waals surface area contributed by atoms with E-state index in [1.165, 1.54) is 0 Å². The van der Waals surface area contributed by atoms with Crippen molar-refractivity contribution in [1.29, 1.82) is 0 Å². The van der Waals surface area contributed by atoms with Crippen LogP contribution < -0.4 is 5.73 Å². The summed E-state index contributed by atoms with van der Waals surface area (Å²) in [7, 11) is 0. The molecular weight excluding hydrogens is 250 g/mol. The van der Waals surface area contributed by atoms with Gasteiger partial charge in [0.1, 0.15) is 0 Å². The number of carbonyl (C=O) groups excluding carboxylic acids is 1. The molecule has 1 aliphatic heterocycles. The van der Waals surface area contributed by atoms with Gasteiger partial charge in [-0.3, -0.25) is 9.69 Å². The molecule has 1 fully saturated rings. The van der Waals surface area contributed by atoms with Crippen LogP contribution in [0.2, 0.25) is 5.02 Å². The van der Waals surface area contributed by atoms with Gasteiger partial charge in [-0.05, 0) is 12.1 Å². The Balaban J connectivity index is 1.98. The Morgan fingerprint density at radius 3 is 2.56 bits per heavy atom. The van der Waals surface area contributed by atoms with Crippen LogP contribution in [0.3, 0.4) is 0 Å². The lowest BCUT2D eigenvalue weighted by Crippen LogP contribution is -2.47. The van der Waals surface area contributed by atoms with E-state index in [9.17, 15) is 4.79 Å². The van der Waals surface area contributed by atoms with Crippen LogP contribution in [0.25, 0.3) is 0 Å². The summed E-state index contributed by atoms with van der Waals surface area (Å²) in [6, 6.07) is 5.58. The van der Waals surface area contributed by atoms with E-state index in [1.807, 2.05) is 23.1 Å². The second-order valence-electron chi connectivity index (χ2n) is 4.59. The number of anilines is 1. The van der Waals surface area contributed by atoms with E-state index in [1.54, 1.807) is 6.92 Å². The second-order valence-corrected chi connectivity index (χ2v) is 5.00. The average Bonchev–Trinajstić information content (AvgIpc) is 2.34. The molecule has 4 nitrogen and oxygen atoms in total. The van der Waals surface area contributed by atoms with Gasteiger partial charge in [0.15, 0.2) is 0 Å². The average molecular weight is 268 g/mol. The van der Waals surface area contributed by atoms with Crippen LogP contribution >= 0.6 is 11.6 Å². The second kappa shape index (κ2) is 5.59. The van der Waals surface area contributed by atoms with E-state index in [0.29, 0.717) is 5.02 Å². The molecule has 0 atom stereocenters. The predicted octanol–water partition coefficient (Wildman–Crippen LogP) is 1.59. The van der Waals surface area contributed by atoms with Crippen molar-refractivity contribution in [2.75, 3.05) is 31.9 Å². The molecule has 1 aromatic rings. The smallest absolute Gasteiger partial charge is 0.219 e. The summed E-state index contributed by atoms with van der Waals surface area (Å²) < 4.78 is 0. The van der Waals surface area contributed by atoms with Crippen molar-refractivity contribution in [2.24, 2.45) is 0 Å². The highest BCUT2D eigenvalue weighted by molar-refractivity contribution is 6.31. The largest absolute Gasteiger partial charge is 0.398 e. The molecule has 1 amide bonds. The highest BCUT2D eigenvalue weighted by Gasteiger charge is 2.19. The first-order chi connectivity index (χ1) is 8.58. The van der Waals surface area contributed by atoms with Crippen molar-refractivity contribution < 1.29 is 4.79 Å². The van der Waals surface area contributed by atoms with Crippen LogP contribution in [-0.2, 0) is 11.3 Å². The molecule has 1 aliphatic rings. The lowest BCUT2D eigenvalue weighted by Gasteiger charge is -2.34. The molecule has 1 heterocycles. The van der Waals surface area contributed by atoms with Crippen molar-refractivity contribution >= 4 is 23.2 Å². The fraction of sp³-hybridized carbons (Fsp3) is 0.462. The normalized spacial score (nSPS) is 16.9. The standard InChI is InChI=1S/C13H18ClN3O/c1-10(18)17-7-5-16(6-8-17)9-11-12(14)3-2-4-13(11)15/h2-4H,5-9,15H2,1H3. The van der Waals surface area contributed by atoms with Crippen LogP contribution in [0.15, 0.2) is 18.2 Å². The number of hydrogen-bond donors (Lipinski definition) is 1. The molecule has 1 saturated heterocycles. The van der Waals surface area contributed by atoms with Gasteiger partial charge in [-0.2, -0.15) is 0 Å². The minimum Gasteiger partial charge on any atom is -0.398 e. The maximum absolute atomic E-state index is 11.2. The van der Waals surface area contributed by atoms with Crippen molar-refractivity contribution in [3.8, 4) is 0 Å². The van der Waals surface area contributed by atoms with Crippen LogP contribution in [0.1, 0.15) is 12.5 Å². The monoisotopic (exact) mass is 267 g/mol. The molecule has 18 heavy (non-hydrogen) atoms. The van der Waals surface area contributed by atoms with E-state index in [4.69, 9.17) is 17.3 Å². The van der Waals surface area contributed by atoms with Crippen molar-refractivity contribution in [1.82, 2.24) is 9.80 Å². The summed E-state index contributed by atoms with van der Waals surface area (Å²) in [5.41, 5.74) is 7.65. The Morgan fingerprint density at radius 1 is 1.33 bits per heavy atom. The Bertz CT molecular complexity index is 422. The molecule has 0 aliphatic carbocycles. The van der Waals surface area contributed by atoms with Crippen LogP contribution in [0.5, 0.6) is 0 Å². The highest BCUT2D eigenvalue weighted by Crippen LogP contribution is 2.23.